The first kappa shape index (κ1) is 27.2. The molecule has 0 aliphatic heterocycles. The van der Waals surface area contributed by atoms with E-state index in [1.54, 1.807) is 13.2 Å². The van der Waals surface area contributed by atoms with Crippen LogP contribution in [-0.2, 0) is 4.79 Å². The number of hydrogen-bond donors (Lipinski definition) is 1. The lowest BCUT2D eigenvalue weighted by atomic mass is 9.99. The smallest absolute Gasteiger partial charge is 0.269 e. The van der Waals surface area contributed by atoms with E-state index < -0.39 is 4.92 Å². The minimum atomic E-state index is -0.506. The van der Waals surface area contributed by atoms with Crippen LogP contribution in [0.1, 0.15) is 12.5 Å². The van der Waals surface area contributed by atoms with E-state index in [4.69, 9.17) is 14.5 Å². The molecule has 0 saturated carbocycles. The molecule has 3 aromatic carbocycles. The number of rotatable bonds is 10. The number of amides is 1. The Morgan fingerprint density at radius 1 is 1.05 bits per heavy atom. The Bertz CT molecular complexity index is 1540. The monoisotopic (exact) mass is 540 g/mol. The van der Waals surface area contributed by atoms with Crippen molar-refractivity contribution in [3.05, 3.63) is 94.5 Å². The molecule has 4 aromatic rings. The second kappa shape index (κ2) is 12.6. The minimum Gasteiger partial charge on any atom is -0.493 e. The molecular weight excluding hydrogens is 516 g/mol. The number of methoxy groups -OCH3 is 1. The van der Waals surface area contributed by atoms with Crippen LogP contribution in [0, 0.1) is 21.4 Å². The Hall–Kier alpha value is -4.88. The largest absolute Gasteiger partial charge is 0.493 e. The van der Waals surface area contributed by atoms with Crippen molar-refractivity contribution >= 4 is 29.0 Å². The average molecular weight is 541 g/mol. The molecule has 4 rings (SSSR count). The van der Waals surface area contributed by atoms with E-state index in [-0.39, 0.29) is 17.3 Å². The highest BCUT2D eigenvalue weighted by atomic mass is 32.2. The van der Waals surface area contributed by atoms with Gasteiger partial charge in [-0.15, -0.1) is 0 Å². The summed E-state index contributed by atoms with van der Waals surface area (Å²) in [6, 6.07) is 24.7. The molecule has 0 radical (unpaired) electrons. The van der Waals surface area contributed by atoms with Crippen molar-refractivity contribution in [2.24, 2.45) is 0 Å². The predicted octanol–water partition coefficient (Wildman–Crippen LogP) is 6.33. The third kappa shape index (κ3) is 6.52. The topological polar surface area (TPSA) is 127 Å². The van der Waals surface area contributed by atoms with Gasteiger partial charge in [0.2, 0.25) is 5.91 Å². The molecule has 0 aliphatic rings. The number of benzene rings is 3. The summed E-state index contributed by atoms with van der Waals surface area (Å²) in [6.45, 7) is 2.37. The molecule has 0 bridgehead atoms. The van der Waals surface area contributed by atoms with Crippen LogP contribution in [0.3, 0.4) is 0 Å². The zero-order valence-corrected chi connectivity index (χ0v) is 22.0. The maximum atomic E-state index is 12.7. The van der Waals surface area contributed by atoms with Crippen molar-refractivity contribution in [3.8, 4) is 40.0 Å². The van der Waals surface area contributed by atoms with Crippen LogP contribution in [-0.4, -0.2) is 35.3 Å². The Morgan fingerprint density at radius 2 is 1.79 bits per heavy atom. The number of nitrogens with zero attached hydrogens (tertiary/aromatic N) is 3. The summed E-state index contributed by atoms with van der Waals surface area (Å²) in [5.74, 6) is 0.766. The molecule has 10 heteroatoms. The summed E-state index contributed by atoms with van der Waals surface area (Å²) in [5.41, 5.74) is 3.58. The summed E-state index contributed by atoms with van der Waals surface area (Å²) < 4.78 is 11.2. The predicted molar refractivity (Wildman–Crippen MR) is 150 cm³/mol. The number of nitro groups is 1. The number of ether oxygens (including phenoxy) is 2. The Kier molecular flexibility index (Phi) is 8.76. The number of pyridine rings is 1. The molecule has 39 heavy (non-hydrogen) atoms. The van der Waals surface area contributed by atoms with E-state index in [9.17, 15) is 20.2 Å². The summed E-state index contributed by atoms with van der Waals surface area (Å²) in [6.07, 6.45) is 0. The van der Waals surface area contributed by atoms with E-state index in [1.807, 2.05) is 55.5 Å². The van der Waals surface area contributed by atoms with Gasteiger partial charge < -0.3 is 14.8 Å². The van der Waals surface area contributed by atoms with Gasteiger partial charge in [0.1, 0.15) is 11.1 Å². The molecule has 0 atom stereocenters. The normalized spacial score (nSPS) is 10.4. The van der Waals surface area contributed by atoms with Crippen molar-refractivity contribution in [3.63, 3.8) is 0 Å². The van der Waals surface area contributed by atoms with Crippen molar-refractivity contribution in [1.82, 2.24) is 4.98 Å². The van der Waals surface area contributed by atoms with Crippen molar-refractivity contribution in [1.29, 1.82) is 5.26 Å². The first-order valence-electron chi connectivity index (χ1n) is 11.9. The van der Waals surface area contributed by atoms with Gasteiger partial charge in [-0.05, 0) is 42.8 Å². The maximum Gasteiger partial charge on any atom is 0.269 e. The van der Waals surface area contributed by atoms with Gasteiger partial charge in [-0.25, -0.2) is 4.98 Å². The summed E-state index contributed by atoms with van der Waals surface area (Å²) >= 11 is 1.14. The molecular formula is C29H24N4O5S. The molecule has 0 unspecified atom stereocenters. The number of nitro benzene ring substituents is 1. The molecule has 0 saturated heterocycles. The van der Waals surface area contributed by atoms with Crippen LogP contribution >= 0.6 is 11.8 Å². The number of non-ortho nitro benzene ring substituents is 1. The van der Waals surface area contributed by atoms with E-state index in [0.29, 0.717) is 45.6 Å². The van der Waals surface area contributed by atoms with Crippen molar-refractivity contribution < 1.29 is 19.2 Å². The molecule has 1 aromatic heterocycles. The van der Waals surface area contributed by atoms with E-state index in [2.05, 4.69) is 11.4 Å². The van der Waals surface area contributed by atoms with E-state index in [1.165, 1.54) is 24.3 Å². The fraction of sp³-hybridized carbons (Fsp3) is 0.138. The second-order valence-corrected chi connectivity index (χ2v) is 9.12. The highest BCUT2D eigenvalue weighted by Crippen LogP contribution is 2.38. The molecule has 1 N–H and O–H groups in total. The zero-order chi connectivity index (χ0) is 27.8. The molecule has 0 fully saturated rings. The number of nitrogens with one attached hydrogen (secondary N) is 1. The number of nitriles is 1. The first-order valence-corrected chi connectivity index (χ1v) is 12.9. The van der Waals surface area contributed by atoms with Crippen LogP contribution < -0.4 is 14.8 Å². The number of carbonyl (C=O) groups excluding carboxylic acids is 1. The first-order chi connectivity index (χ1) is 18.9. The number of aromatic nitrogens is 1. The van der Waals surface area contributed by atoms with Crippen LogP contribution in [0.5, 0.6) is 11.5 Å². The van der Waals surface area contributed by atoms with Gasteiger partial charge in [0.25, 0.3) is 5.69 Å². The second-order valence-electron chi connectivity index (χ2n) is 8.15. The van der Waals surface area contributed by atoms with Gasteiger partial charge in [0.05, 0.1) is 35.7 Å². The highest BCUT2D eigenvalue weighted by Gasteiger charge is 2.19. The molecule has 0 aliphatic carbocycles. The summed E-state index contributed by atoms with van der Waals surface area (Å²) in [4.78, 5) is 27.8. The van der Waals surface area contributed by atoms with Gasteiger partial charge in [-0.3, -0.25) is 14.9 Å². The number of hydrogen-bond acceptors (Lipinski definition) is 8. The van der Waals surface area contributed by atoms with Gasteiger partial charge >= 0.3 is 0 Å². The molecule has 196 valence electrons. The number of thioether (sulfide) groups is 1. The molecule has 0 spiro atoms. The fourth-order valence-electron chi connectivity index (χ4n) is 3.83. The van der Waals surface area contributed by atoms with Gasteiger partial charge in [-0.2, -0.15) is 5.26 Å². The van der Waals surface area contributed by atoms with Crippen LogP contribution in [0.2, 0.25) is 0 Å². The van der Waals surface area contributed by atoms with Gasteiger partial charge in [0, 0.05) is 28.9 Å². The third-order valence-corrected chi connectivity index (χ3v) is 6.62. The van der Waals surface area contributed by atoms with Gasteiger partial charge in [-0.1, -0.05) is 48.2 Å². The van der Waals surface area contributed by atoms with Crippen LogP contribution in [0.25, 0.3) is 22.4 Å². The Labute approximate surface area is 229 Å². The quantitative estimate of drug-likeness (QED) is 0.140. The van der Waals surface area contributed by atoms with Crippen molar-refractivity contribution in [2.75, 3.05) is 24.8 Å². The standard InChI is InChI=1S/C29H24N4O5S/c1-3-38-26-14-9-20(15-27(26)37-2)23-16-25(19-7-5-4-6-8-19)32-29(24(23)17-30)39-18-28(34)31-21-10-12-22(13-11-21)33(35)36/h4-16H,3,18H2,1-2H3,(H,31,34). The van der Waals surface area contributed by atoms with Gasteiger partial charge in [0.15, 0.2) is 11.5 Å². The molecule has 9 nitrogen and oxygen atoms in total. The Morgan fingerprint density at radius 3 is 2.44 bits per heavy atom. The number of carbonyl (C=O) groups is 1. The zero-order valence-electron chi connectivity index (χ0n) is 21.2. The third-order valence-electron chi connectivity index (χ3n) is 5.64. The minimum absolute atomic E-state index is 0.0249. The average Bonchev–Trinajstić information content (AvgIpc) is 2.96. The highest BCUT2D eigenvalue weighted by molar-refractivity contribution is 8.00. The maximum absolute atomic E-state index is 12.7. The summed E-state index contributed by atoms with van der Waals surface area (Å²) in [7, 11) is 1.56. The van der Waals surface area contributed by atoms with E-state index >= 15 is 0 Å². The van der Waals surface area contributed by atoms with Crippen molar-refractivity contribution in [2.45, 2.75) is 11.9 Å². The fourth-order valence-corrected chi connectivity index (χ4v) is 4.63. The molecule has 1 amide bonds. The van der Waals surface area contributed by atoms with Crippen LogP contribution in [0.4, 0.5) is 11.4 Å². The lowest BCUT2D eigenvalue weighted by molar-refractivity contribution is -0.384. The lowest BCUT2D eigenvalue weighted by Crippen LogP contribution is -2.14. The SMILES string of the molecule is CCOc1ccc(-c2cc(-c3ccccc3)nc(SCC(=O)Nc3ccc([N+](=O)[O-])cc3)c2C#N)cc1OC. The summed E-state index contributed by atoms with van der Waals surface area (Å²) in [5, 5.41) is 24.1. The van der Waals surface area contributed by atoms with Crippen LogP contribution in [0.15, 0.2) is 83.9 Å². The Balaban J connectivity index is 1.68. The lowest BCUT2D eigenvalue weighted by Gasteiger charge is -2.15. The van der Waals surface area contributed by atoms with E-state index in [0.717, 1.165) is 22.9 Å². The molecule has 1 heterocycles. The number of anilines is 1.